The highest BCUT2D eigenvalue weighted by molar-refractivity contribution is 8.01. The van der Waals surface area contributed by atoms with Gasteiger partial charge in [0.25, 0.3) is 0 Å². The zero-order valence-electron chi connectivity index (χ0n) is 12.4. The van der Waals surface area contributed by atoms with Crippen LogP contribution in [0, 0.1) is 11.7 Å². The third-order valence-corrected chi connectivity index (χ3v) is 4.54. The van der Waals surface area contributed by atoms with Crippen LogP contribution in [-0.4, -0.2) is 42.5 Å². The number of benzene rings is 1. The molecule has 1 aliphatic heterocycles. The Balaban J connectivity index is 1.65. The van der Waals surface area contributed by atoms with E-state index in [0.717, 1.165) is 13.1 Å². The molecule has 1 heterocycles. The Morgan fingerprint density at radius 2 is 2.05 bits per heavy atom. The summed E-state index contributed by atoms with van der Waals surface area (Å²) in [6, 6.07) is 5.57. The topological polar surface area (TPSA) is 70.2 Å². The zero-order valence-corrected chi connectivity index (χ0v) is 13.2. The fourth-order valence-electron chi connectivity index (χ4n) is 1.89. The van der Waals surface area contributed by atoms with Crippen molar-refractivity contribution in [1.82, 2.24) is 10.6 Å². The lowest BCUT2D eigenvalue weighted by Gasteiger charge is -2.27. The normalized spacial score (nSPS) is 15.7. The molecule has 1 fully saturated rings. The molecule has 2 amide bonds. The van der Waals surface area contributed by atoms with Gasteiger partial charge in [-0.15, -0.1) is 11.8 Å². The maximum absolute atomic E-state index is 12.8. The van der Waals surface area contributed by atoms with Gasteiger partial charge in [-0.2, -0.15) is 0 Å². The van der Waals surface area contributed by atoms with Crippen LogP contribution in [0.15, 0.2) is 24.3 Å². The molecule has 0 aliphatic carbocycles. The standard InChI is InChI=1S/C15H20FN3O2S/c1-10(15(21)18-8-11-6-17-7-11)22-9-14(20)19-13-4-2-12(16)3-5-13/h2-5,10-11,17H,6-9H2,1H3,(H,18,21)(H,19,20). The van der Waals surface area contributed by atoms with Gasteiger partial charge in [-0.25, -0.2) is 4.39 Å². The predicted molar refractivity (Wildman–Crippen MR) is 86.3 cm³/mol. The number of nitrogens with one attached hydrogen (secondary N) is 3. The summed E-state index contributed by atoms with van der Waals surface area (Å²) < 4.78 is 12.8. The van der Waals surface area contributed by atoms with Crippen LogP contribution >= 0.6 is 11.8 Å². The zero-order chi connectivity index (χ0) is 15.9. The van der Waals surface area contributed by atoms with E-state index in [4.69, 9.17) is 0 Å². The quantitative estimate of drug-likeness (QED) is 0.705. The first-order chi connectivity index (χ1) is 10.5. The molecule has 1 aliphatic rings. The second-order valence-electron chi connectivity index (χ2n) is 5.28. The van der Waals surface area contributed by atoms with Crippen molar-refractivity contribution in [1.29, 1.82) is 0 Å². The minimum Gasteiger partial charge on any atom is -0.355 e. The fourth-order valence-corrected chi connectivity index (χ4v) is 2.60. The average Bonchev–Trinajstić information content (AvgIpc) is 2.45. The maximum atomic E-state index is 12.8. The summed E-state index contributed by atoms with van der Waals surface area (Å²) in [5, 5.41) is 8.42. The Bertz CT molecular complexity index is 520. The van der Waals surface area contributed by atoms with Gasteiger partial charge in [0.05, 0.1) is 11.0 Å². The van der Waals surface area contributed by atoms with Gasteiger partial charge in [0.1, 0.15) is 5.82 Å². The number of rotatable bonds is 7. The molecule has 3 N–H and O–H groups in total. The Kier molecular flexibility index (Phi) is 6.21. The van der Waals surface area contributed by atoms with Gasteiger partial charge >= 0.3 is 0 Å². The molecule has 120 valence electrons. The molecular formula is C15H20FN3O2S. The largest absolute Gasteiger partial charge is 0.355 e. The van der Waals surface area contributed by atoms with Crippen LogP contribution in [0.5, 0.6) is 0 Å². The van der Waals surface area contributed by atoms with Crippen LogP contribution in [0.3, 0.4) is 0 Å². The lowest BCUT2D eigenvalue weighted by molar-refractivity contribution is -0.120. The highest BCUT2D eigenvalue weighted by Crippen LogP contribution is 2.13. The summed E-state index contributed by atoms with van der Waals surface area (Å²) >= 11 is 1.28. The molecule has 1 atom stereocenters. The number of hydrogen-bond acceptors (Lipinski definition) is 4. The van der Waals surface area contributed by atoms with Crippen molar-refractivity contribution in [2.75, 3.05) is 30.7 Å². The molecule has 0 aromatic heterocycles. The summed E-state index contributed by atoms with van der Waals surface area (Å²) in [6.45, 7) is 4.35. The molecule has 1 aromatic rings. The third kappa shape index (κ3) is 5.31. The van der Waals surface area contributed by atoms with Crippen LogP contribution in [-0.2, 0) is 9.59 Å². The number of amides is 2. The van der Waals surface area contributed by atoms with Gasteiger partial charge in [-0.1, -0.05) is 0 Å². The lowest BCUT2D eigenvalue weighted by Crippen LogP contribution is -2.49. The predicted octanol–water partition coefficient (Wildman–Crippen LogP) is 1.22. The van der Waals surface area contributed by atoms with E-state index in [1.807, 2.05) is 0 Å². The van der Waals surface area contributed by atoms with Crippen molar-refractivity contribution in [3.8, 4) is 0 Å². The Morgan fingerprint density at radius 1 is 1.36 bits per heavy atom. The average molecular weight is 325 g/mol. The third-order valence-electron chi connectivity index (χ3n) is 3.39. The maximum Gasteiger partial charge on any atom is 0.234 e. The SMILES string of the molecule is CC(SCC(=O)Nc1ccc(F)cc1)C(=O)NCC1CNC1. The number of thioether (sulfide) groups is 1. The van der Waals surface area contributed by atoms with E-state index < -0.39 is 0 Å². The van der Waals surface area contributed by atoms with Crippen LogP contribution in [0.2, 0.25) is 0 Å². The highest BCUT2D eigenvalue weighted by Gasteiger charge is 2.20. The van der Waals surface area contributed by atoms with Gasteiger partial charge in [0.2, 0.25) is 11.8 Å². The van der Waals surface area contributed by atoms with E-state index in [0.29, 0.717) is 18.2 Å². The van der Waals surface area contributed by atoms with Crippen molar-refractivity contribution in [2.24, 2.45) is 5.92 Å². The first-order valence-corrected chi connectivity index (χ1v) is 8.25. The van der Waals surface area contributed by atoms with Crippen molar-refractivity contribution in [2.45, 2.75) is 12.2 Å². The number of halogens is 1. The summed E-state index contributed by atoms with van der Waals surface area (Å²) in [5.74, 6) is 0.0879. The van der Waals surface area contributed by atoms with Crippen LogP contribution < -0.4 is 16.0 Å². The molecule has 0 spiro atoms. The number of carbonyl (C=O) groups is 2. The molecule has 22 heavy (non-hydrogen) atoms. The summed E-state index contributed by atoms with van der Waals surface area (Å²) in [6.07, 6.45) is 0. The second-order valence-corrected chi connectivity index (χ2v) is 6.61. The fraction of sp³-hybridized carbons (Fsp3) is 0.467. The first-order valence-electron chi connectivity index (χ1n) is 7.20. The van der Waals surface area contributed by atoms with Crippen molar-refractivity contribution >= 4 is 29.3 Å². The Hall–Kier alpha value is -1.60. The summed E-state index contributed by atoms with van der Waals surface area (Å²) in [4.78, 5) is 23.7. The van der Waals surface area contributed by atoms with Crippen LogP contribution in [0.25, 0.3) is 0 Å². The molecule has 7 heteroatoms. The van der Waals surface area contributed by atoms with Gasteiger partial charge < -0.3 is 16.0 Å². The Morgan fingerprint density at radius 3 is 2.64 bits per heavy atom. The van der Waals surface area contributed by atoms with Crippen molar-refractivity contribution in [3.05, 3.63) is 30.1 Å². The molecule has 0 saturated carbocycles. The lowest BCUT2D eigenvalue weighted by atomic mass is 10.0. The number of anilines is 1. The van der Waals surface area contributed by atoms with Crippen molar-refractivity contribution in [3.63, 3.8) is 0 Å². The van der Waals surface area contributed by atoms with Crippen LogP contribution in [0.1, 0.15) is 6.92 Å². The van der Waals surface area contributed by atoms with Crippen LogP contribution in [0.4, 0.5) is 10.1 Å². The first kappa shape index (κ1) is 16.8. The highest BCUT2D eigenvalue weighted by atomic mass is 32.2. The monoisotopic (exact) mass is 325 g/mol. The van der Waals surface area contributed by atoms with E-state index in [-0.39, 0.29) is 28.6 Å². The van der Waals surface area contributed by atoms with E-state index in [9.17, 15) is 14.0 Å². The smallest absolute Gasteiger partial charge is 0.234 e. The van der Waals surface area contributed by atoms with E-state index in [2.05, 4.69) is 16.0 Å². The van der Waals surface area contributed by atoms with Gasteiger partial charge in [0.15, 0.2) is 0 Å². The molecule has 0 radical (unpaired) electrons. The Labute approximate surface area is 133 Å². The summed E-state index contributed by atoms with van der Waals surface area (Å²) in [7, 11) is 0. The molecular weight excluding hydrogens is 305 g/mol. The molecule has 5 nitrogen and oxygen atoms in total. The number of carbonyl (C=O) groups excluding carboxylic acids is 2. The van der Waals surface area contributed by atoms with E-state index in [1.165, 1.54) is 36.0 Å². The summed E-state index contributed by atoms with van der Waals surface area (Å²) in [5.41, 5.74) is 0.543. The van der Waals surface area contributed by atoms with Crippen molar-refractivity contribution < 1.29 is 14.0 Å². The minimum absolute atomic E-state index is 0.0496. The van der Waals surface area contributed by atoms with Gasteiger partial charge in [-0.05, 0) is 31.2 Å². The molecule has 0 bridgehead atoms. The number of hydrogen-bond donors (Lipinski definition) is 3. The van der Waals surface area contributed by atoms with E-state index in [1.54, 1.807) is 6.92 Å². The minimum atomic E-state index is -0.348. The molecule has 2 rings (SSSR count). The molecule has 1 unspecified atom stereocenters. The second kappa shape index (κ2) is 8.14. The van der Waals surface area contributed by atoms with Gasteiger partial charge in [0, 0.05) is 31.2 Å². The molecule has 1 aromatic carbocycles. The molecule has 1 saturated heterocycles. The van der Waals surface area contributed by atoms with E-state index >= 15 is 0 Å². The van der Waals surface area contributed by atoms with Gasteiger partial charge in [-0.3, -0.25) is 9.59 Å².